The summed E-state index contributed by atoms with van der Waals surface area (Å²) < 4.78 is 7.87. The fraction of sp³-hybridized carbons (Fsp3) is 0.240. The second-order valence-corrected chi connectivity index (χ2v) is 8.24. The maximum Gasteiger partial charge on any atom is 0.321 e. The van der Waals surface area contributed by atoms with Crippen molar-refractivity contribution in [2.45, 2.75) is 18.8 Å². The van der Waals surface area contributed by atoms with E-state index in [-0.39, 0.29) is 11.8 Å². The highest BCUT2D eigenvalue weighted by molar-refractivity contribution is 6.02. The average Bonchev–Trinajstić information content (AvgIpc) is 3.18. The minimum atomic E-state index is -0.0242. The molecule has 0 radical (unpaired) electrons. The van der Waals surface area contributed by atoms with Crippen molar-refractivity contribution in [3.8, 4) is 22.9 Å². The zero-order valence-corrected chi connectivity index (χ0v) is 18.9. The van der Waals surface area contributed by atoms with E-state index in [0.717, 1.165) is 40.7 Å². The number of nitrogens with zero attached hydrogens (tertiary/aromatic N) is 6. The first-order valence-corrected chi connectivity index (χ1v) is 11.1. The number of nitrogens with two attached hydrogens (primary N) is 1. The van der Waals surface area contributed by atoms with Gasteiger partial charge < -0.3 is 19.9 Å². The molecule has 4 heterocycles. The van der Waals surface area contributed by atoms with E-state index in [1.54, 1.807) is 18.5 Å². The van der Waals surface area contributed by atoms with Gasteiger partial charge in [-0.2, -0.15) is 0 Å². The number of hydrogen-bond donors (Lipinski definition) is 1. The van der Waals surface area contributed by atoms with Crippen LogP contribution in [0.25, 0.3) is 22.2 Å². The van der Waals surface area contributed by atoms with Gasteiger partial charge in [0.25, 0.3) is 0 Å². The van der Waals surface area contributed by atoms with Crippen molar-refractivity contribution in [2.75, 3.05) is 18.8 Å². The average molecular weight is 456 g/mol. The van der Waals surface area contributed by atoms with E-state index in [1.807, 2.05) is 36.2 Å². The number of hydrogen-bond acceptors (Lipinski definition) is 7. The molecule has 3 aromatic heterocycles. The molecule has 0 bridgehead atoms. The summed E-state index contributed by atoms with van der Waals surface area (Å²) in [5.74, 6) is 1.30. The normalized spacial score (nSPS) is 14.3. The van der Waals surface area contributed by atoms with Gasteiger partial charge in [0.1, 0.15) is 23.5 Å². The lowest BCUT2D eigenvalue weighted by atomic mass is 9.88. The van der Waals surface area contributed by atoms with Crippen molar-refractivity contribution in [2.24, 2.45) is 7.05 Å². The highest BCUT2D eigenvalue weighted by Crippen LogP contribution is 2.43. The summed E-state index contributed by atoms with van der Waals surface area (Å²) in [5, 5.41) is 0.838. The number of ether oxygens (including phenoxy) is 1. The number of benzene rings is 1. The number of fused-ring (bicyclic) bond motifs is 1. The minimum absolute atomic E-state index is 0.0242. The molecule has 9 heteroatoms. The van der Waals surface area contributed by atoms with Crippen molar-refractivity contribution >= 4 is 22.8 Å². The first-order chi connectivity index (χ1) is 16.6. The number of likely N-dealkylation sites (tertiary alicyclic amines) is 1. The number of aromatic nitrogens is 5. The van der Waals surface area contributed by atoms with Gasteiger partial charge in [-0.05, 0) is 42.7 Å². The summed E-state index contributed by atoms with van der Waals surface area (Å²) in [4.78, 5) is 30.9. The SMILES string of the molecule is C=CC(=O)N1CCC(c2c(-c3ccc(Oc4ncccn4)cc3)c3c(N)ncnc3n2C)CC1. The lowest BCUT2D eigenvalue weighted by Gasteiger charge is -2.32. The predicted molar refractivity (Wildman–Crippen MR) is 129 cm³/mol. The van der Waals surface area contributed by atoms with Crippen LogP contribution >= 0.6 is 0 Å². The fourth-order valence-corrected chi connectivity index (χ4v) is 4.70. The van der Waals surface area contributed by atoms with Crippen LogP contribution in [0.2, 0.25) is 0 Å². The van der Waals surface area contributed by atoms with Gasteiger partial charge in [-0.15, -0.1) is 0 Å². The molecular formula is C25H25N7O2. The molecule has 1 saturated heterocycles. The number of amides is 1. The molecular weight excluding hydrogens is 430 g/mol. The second-order valence-electron chi connectivity index (χ2n) is 8.24. The number of aryl methyl sites for hydroxylation is 1. The molecule has 1 amide bonds. The Bertz CT molecular complexity index is 1340. The van der Waals surface area contributed by atoms with Crippen molar-refractivity contribution in [3.05, 3.63) is 67.4 Å². The molecule has 1 aliphatic heterocycles. The molecule has 0 atom stereocenters. The second kappa shape index (κ2) is 8.93. The van der Waals surface area contributed by atoms with Gasteiger partial charge in [-0.1, -0.05) is 18.7 Å². The third-order valence-corrected chi connectivity index (χ3v) is 6.30. The van der Waals surface area contributed by atoms with E-state index in [9.17, 15) is 4.79 Å². The summed E-state index contributed by atoms with van der Waals surface area (Å²) >= 11 is 0. The zero-order valence-electron chi connectivity index (χ0n) is 18.9. The molecule has 0 saturated carbocycles. The number of carbonyl (C=O) groups is 1. The van der Waals surface area contributed by atoms with Crippen LogP contribution in [0.4, 0.5) is 5.82 Å². The van der Waals surface area contributed by atoms with E-state index in [2.05, 4.69) is 31.1 Å². The van der Waals surface area contributed by atoms with Gasteiger partial charge >= 0.3 is 6.01 Å². The highest BCUT2D eigenvalue weighted by Gasteiger charge is 2.30. The number of rotatable bonds is 5. The Labute approximate surface area is 196 Å². The summed E-state index contributed by atoms with van der Waals surface area (Å²) in [6.07, 6.45) is 7.83. The zero-order chi connectivity index (χ0) is 23.7. The molecule has 0 aliphatic carbocycles. The molecule has 0 unspecified atom stereocenters. The molecule has 5 rings (SSSR count). The first kappa shape index (κ1) is 21.6. The molecule has 1 fully saturated rings. The van der Waals surface area contributed by atoms with Crippen molar-refractivity contribution < 1.29 is 9.53 Å². The van der Waals surface area contributed by atoms with Crippen LogP contribution < -0.4 is 10.5 Å². The largest absolute Gasteiger partial charge is 0.424 e. The summed E-state index contributed by atoms with van der Waals surface area (Å²) in [5.41, 5.74) is 10.3. The smallest absolute Gasteiger partial charge is 0.321 e. The summed E-state index contributed by atoms with van der Waals surface area (Å²) in [6.45, 7) is 4.97. The van der Waals surface area contributed by atoms with Crippen LogP contribution in [0.5, 0.6) is 11.8 Å². The third-order valence-electron chi connectivity index (χ3n) is 6.30. The third kappa shape index (κ3) is 3.85. The van der Waals surface area contributed by atoms with Gasteiger partial charge in [-0.3, -0.25) is 4.79 Å². The monoisotopic (exact) mass is 455 g/mol. The number of piperidine rings is 1. The van der Waals surface area contributed by atoms with Crippen molar-refractivity contribution in [3.63, 3.8) is 0 Å². The van der Waals surface area contributed by atoms with E-state index < -0.39 is 0 Å². The van der Waals surface area contributed by atoms with Crippen LogP contribution in [-0.2, 0) is 11.8 Å². The quantitative estimate of drug-likeness (QED) is 0.457. The van der Waals surface area contributed by atoms with Crippen LogP contribution in [0.15, 0.2) is 61.7 Å². The van der Waals surface area contributed by atoms with Crippen LogP contribution in [0.3, 0.4) is 0 Å². The first-order valence-electron chi connectivity index (χ1n) is 11.1. The Balaban J connectivity index is 1.54. The van der Waals surface area contributed by atoms with Crippen molar-refractivity contribution in [1.29, 1.82) is 0 Å². The number of carbonyl (C=O) groups excluding carboxylic acids is 1. The topological polar surface area (TPSA) is 112 Å². The Morgan fingerprint density at radius 1 is 1.12 bits per heavy atom. The molecule has 9 nitrogen and oxygen atoms in total. The molecule has 0 spiro atoms. The van der Waals surface area contributed by atoms with E-state index in [1.165, 1.54) is 12.4 Å². The van der Waals surface area contributed by atoms with Crippen LogP contribution in [0.1, 0.15) is 24.5 Å². The maximum absolute atomic E-state index is 12.1. The standard InChI is InChI=1S/C25H25N7O2/c1-3-19(33)32-13-9-17(10-14-32)22-20(21-23(26)29-15-30-24(21)31(22)2)16-5-7-18(8-6-16)34-25-27-11-4-12-28-25/h3-8,11-12,15,17H,1,9-10,13-14H2,2H3,(H2,26,29,30). The predicted octanol–water partition coefficient (Wildman–Crippen LogP) is 3.69. The van der Waals surface area contributed by atoms with Gasteiger partial charge in [0.2, 0.25) is 5.91 Å². The summed E-state index contributed by atoms with van der Waals surface area (Å²) in [7, 11) is 2.01. The Morgan fingerprint density at radius 3 is 2.50 bits per heavy atom. The molecule has 1 aliphatic rings. The lowest BCUT2D eigenvalue weighted by molar-refractivity contribution is -0.127. The molecule has 2 N–H and O–H groups in total. The lowest BCUT2D eigenvalue weighted by Crippen LogP contribution is -2.37. The van der Waals surface area contributed by atoms with Crippen molar-refractivity contribution in [1.82, 2.24) is 29.4 Å². The molecule has 4 aromatic rings. The van der Waals surface area contributed by atoms with E-state index in [4.69, 9.17) is 10.5 Å². The van der Waals surface area contributed by atoms with Gasteiger partial charge in [-0.25, -0.2) is 19.9 Å². The Kier molecular flexibility index (Phi) is 5.67. The fourth-order valence-electron chi connectivity index (χ4n) is 4.70. The van der Waals surface area contributed by atoms with Gasteiger partial charge in [0, 0.05) is 49.7 Å². The Hall–Kier alpha value is -4.27. The van der Waals surface area contributed by atoms with Gasteiger partial charge in [0.15, 0.2) is 0 Å². The minimum Gasteiger partial charge on any atom is -0.424 e. The van der Waals surface area contributed by atoms with Crippen LogP contribution in [-0.4, -0.2) is 48.4 Å². The number of nitrogen functional groups attached to an aromatic ring is 1. The van der Waals surface area contributed by atoms with Gasteiger partial charge in [0.05, 0.1) is 5.39 Å². The molecule has 172 valence electrons. The van der Waals surface area contributed by atoms with Crippen LogP contribution in [0, 0.1) is 0 Å². The number of anilines is 1. The summed E-state index contributed by atoms with van der Waals surface area (Å²) in [6, 6.07) is 9.81. The maximum atomic E-state index is 12.1. The van der Waals surface area contributed by atoms with E-state index in [0.29, 0.717) is 30.7 Å². The Morgan fingerprint density at radius 2 is 1.82 bits per heavy atom. The highest BCUT2D eigenvalue weighted by atomic mass is 16.5. The van der Waals surface area contributed by atoms with E-state index >= 15 is 0 Å². The molecule has 34 heavy (non-hydrogen) atoms. The molecule has 1 aromatic carbocycles.